The Labute approximate surface area is 106 Å². The molecule has 3 N–H and O–H groups in total. The van der Waals surface area contributed by atoms with Crippen LogP contribution in [0.25, 0.3) is 0 Å². The van der Waals surface area contributed by atoms with Crippen molar-refractivity contribution in [2.45, 2.75) is 20.4 Å². The van der Waals surface area contributed by atoms with Crippen molar-refractivity contribution in [2.75, 3.05) is 16.9 Å². The molecule has 0 fully saturated rings. The molecule has 2 aromatic rings. The van der Waals surface area contributed by atoms with E-state index < -0.39 is 0 Å². The van der Waals surface area contributed by atoms with Gasteiger partial charge in [0.05, 0.1) is 12.8 Å². The van der Waals surface area contributed by atoms with Crippen LogP contribution in [0.3, 0.4) is 0 Å². The largest absolute Gasteiger partial charge is 0.467 e. The van der Waals surface area contributed by atoms with E-state index in [9.17, 15) is 0 Å². The molecule has 0 saturated carbocycles. The van der Waals surface area contributed by atoms with E-state index in [4.69, 9.17) is 10.3 Å². The third-order valence-corrected chi connectivity index (χ3v) is 2.68. The van der Waals surface area contributed by atoms with Crippen LogP contribution in [-0.2, 0) is 6.54 Å². The number of hydrogen-bond acceptors (Lipinski definition) is 6. The Bertz CT molecular complexity index is 497. The molecular formula is C12H17N5O. The van der Waals surface area contributed by atoms with Crippen LogP contribution in [0.2, 0.25) is 0 Å². The molecule has 0 radical (unpaired) electrons. The fourth-order valence-electron chi connectivity index (χ4n) is 1.75. The van der Waals surface area contributed by atoms with Crippen molar-refractivity contribution < 1.29 is 4.42 Å². The highest BCUT2D eigenvalue weighted by atomic mass is 16.3. The molecule has 0 bridgehead atoms. The standard InChI is InChI=1S/C12H17N5O/c1-3-17(8-10-5-4-6-18-10)11-9(2)7-14-12(15-11)16-13/h4-7H,3,8,13H2,1-2H3,(H,14,15,16). The number of nitrogens with one attached hydrogen (secondary N) is 1. The first kappa shape index (κ1) is 12.4. The summed E-state index contributed by atoms with van der Waals surface area (Å²) < 4.78 is 5.36. The quantitative estimate of drug-likeness (QED) is 0.618. The summed E-state index contributed by atoms with van der Waals surface area (Å²) in [6.07, 6.45) is 3.42. The molecule has 6 nitrogen and oxygen atoms in total. The van der Waals surface area contributed by atoms with Gasteiger partial charge >= 0.3 is 0 Å². The Hall–Kier alpha value is -2.08. The number of hydrogen-bond donors (Lipinski definition) is 2. The summed E-state index contributed by atoms with van der Waals surface area (Å²) in [5.74, 6) is 7.50. The van der Waals surface area contributed by atoms with Crippen LogP contribution in [0, 0.1) is 6.92 Å². The van der Waals surface area contributed by atoms with E-state index in [1.165, 1.54) is 0 Å². The average molecular weight is 247 g/mol. The second kappa shape index (κ2) is 5.50. The summed E-state index contributed by atoms with van der Waals surface area (Å²) in [5, 5.41) is 0. The van der Waals surface area contributed by atoms with E-state index in [0.29, 0.717) is 12.5 Å². The van der Waals surface area contributed by atoms with E-state index >= 15 is 0 Å². The summed E-state index contributed by atoms with van der Waals surface area (Å²) in [6.45, 7) is 5.54. The van der Waals surface area contributed by atoms with E-state index in [1.807, 2.05) is 19.1 Å². The van der Waals surface area contributed by atoms with Crippen LogP contribution >= 0.6 is 0 Å². The van der Waals surface area contributed by atoms with Crippen molar-refractivity contribution in [2.24, 2.45) is 5.84 Å². The fraction of sp³-hybridized carbons (Fsp3) is 0.333. The topological polar surface area (TPSA) is 80.2 Å². The van der Waals surface area contributed by atoms with Crippen LogP contribution in [0.15, 0.2) is 29.0 Å². The van der Waals surface area contributed by atoms with Crippen molar-refractivity contribution in [3.8, 4) is 0 Å². The predicted molar refractivity (Wildman–Crippen MR) is 70.0 cm³/mol. The zero-order valence-corrected chi connectivity index (χ0v) is 10.6. The molecule has 2 aromatic heterocycles. The molecule has 0 aliphatic rings. The summed E-state index contributed by atoms with van der Waals surface area (Å²) >= 11 is 0. The molecule has 0 aliphatic carbocycles. The SMILES string of the molecule is CCN(Cc1ccco1)c1nc(NN)ncc1C. The summed E-state index contributed by atoms with van der Waals surface area (Å²) in [4.78, 5) is 10.6. The zero-order valence-electron chi connectivity index (χ0n) is 10.6. The lowest BCUT2D eigenvalue weighted by atomic mass is 10.3. The van der Waals surface area contributed by atoms with Gasteiger partial charge in [-0.2, -0.15) is 4.98 Å². The molecule has 0 aliphatic heterocycles. The van der Waals surface area contributed by atoms with Gasteiger partial charge in [0.1, 0.15) is 11.6 Å². The van der Waals surface area contributed by atoms with E-state index in [2.05, 4.69) is 27.2 Å². The molecule has 6 heteroatoms. The minimum Gasteiger partial charge on any atom is -0.467 e. The molecule has 96 valence electrons. The first-order chi connectivity index (χ1) is 8.74. The lowest BCUT2D eigenvalue weighted by molar-refractivity contribution is 0.502. The van der Waals surface area contributed by atoms with Crippen LogP contribution < -0.4 is 16.2 Å². The van der Waals surface area contributed by atoms with Crippen molar-refractivity contribution >= 4 is 11.8 Å². The van der Waals surface area contributed by atoms with Gasteiger partial charge in [-0.25, -0.2) is 10.8 Å². The maximum absolute atomic E-state index is 5.36. The van der Waals surface area contributed by atoms with Gasteiger partial charge < -0.3 is 9.32 Å². The Morgan fingerprint density at radius 2 is 2.33 bits per heavy atom. The van der Waals surface area contributed by atoms with Crippen molar-refractivity contribution in [3.63, 3.8) is 0 Å². The summed E-state index contributed by atoms with van der Waals surface area (Å²) in [6, 6.07) is 3.82. The maximum atomic E-state index is 5.36. The molecule has 0 spiro atoms. The normalized spacial score (nSPS) is 10.4. The smallest absolute Gasteiger partial charge is 0.239 e. The van der Waals surface area contributed by atoms with Crippen molar-refractivity contribution in [1.29, 1.82) is 0 Å². The summed E-state index contributed by atoms with van der Waals surface area (Å²) in [7, 11) is 0. The van der Waals surface area contributed by atoms with Gasteiger partial charge in [0.25, 0.3) is 0 Å². The number of furan rings is 1. The number of anilines is 2. The fourth-order valence-corrected chi connectivity index (χ4v) is 1.75. The van der Waals surface area contributed by atoms with Gasteiger partial charge in [-0.1, -0.05) is 0 Å². The lowest BCUT2D eigenvalue weighted by Gasteiger charge is -2.22. The predicted octanol–water partition coefficient (Wildman–Crippen LogP) is 1.69. The number of rotatable bonds is 5. The Balaban J connectivity index is 2.26. The highest BCUT2D eigenvalue weighted by Crippen LogP contribution is 2.20. The van der Waals surface area contributed by atoms with Gasteiger partial charge in [-0.05, 0) is 26.0 Å². The highest BCUT2D eigenvalue weighted by molar-refractivity contribution is 5.48. The Morgan fingerprint density at radius 1 is 1.50 bits per heavy atom. The monoisotopic (exact) mass is 247 g/mol. The van der Waals surface area contributed by atoms with Crippen molar-refractivity contribution in [3.05, 3.63) is 35.9 Å². The highest BCUT2D eigenvalue weighted by Gasteiger charge is 2.12. The van der Waals surface area contributed by atoms with Crippen LogP contribution in [0.5, 0.6) is 0 Å². The number of aromatic nitrogens is 2. The Kier molecular flexibility index (Phi) is 3.78. The van der Waals surface area contributed by atoms with Gasteiger partial charge in [-0.15, -0.1) is 0 Å². The van der Waals surface area contributed by atoms with E-state index in [1.54, 1.807) is 12.5 Å². The molecule has 2 rings (SSSR count). The van der Waals surface area contributed by atoms with Crippen molar-refractivity contribution in [1.82, 2.24) is 9.97 Å². The van der Waals surface area contributed by atoms with E-state index in [-0.39, 0.29) is 0 Å². The second-order valence-corrected chi connectivity index (χ2v) is 3.94. The lowest BCUT2D eigenvalue weighted by Crippen LogP contribution is -2.25. The van der Waals surface area contributed by atoms with Crippen LogP contribution in [0.4, 0.5) is 11.8 Å². The Morgan fingerprint density at radius 3 is 2.94 bits per heavy atom. The molecule has 0 aromatic carbocycles. The van der Waals surface area contributed by atoms with Gasteiger partial charge in [0, 0.05) is 18.3 Å². The number of nitrogens with zero attached hydrogens (tertiary/aromatic N) is 3. The van der Waals surface area contributed by atoms with Gasteiger partial charge in [-0.3, -0.25) is 5.43 Å². The maximum Gasteiger partial charge on any atom is 0.239 e. The average Bonchev–Trinajstić information content (AvgIpc) is 2.90. The zero-order chi connectivity index (χ0) is 13.0. The molecule has 0 amide bonds. The minimum atomic E-state index is 0.411. The first-order valence-corrected chi connectivity index (χ1v) is 5.82. The number of nitrogen functional groups attached to an aromatic ring is 1. The number of nitrogens with two attached hydrogens (primary N) is 1. The molecule has 18 heavy (non-hydrogen) atoms. The van der Waals surface area contributed by atoms with Crippen LogP contribution in [0.1, 0.15) is 18.2 Å². The molecular weight excluding hydrogens is 230 g/mol. The molecule has 0 atom stereocenters. The third kappa shape index (κ3) is 2.60. The first-order valence-electron chi connectivity index (χ1n) is 5.82. The minimum absolute atomic E-state index is 0.411. The number of hydrazine groups is 1. The summed E-state index contributed by atoms with van der Waals surface area (Å²) in [5.41, 5.74) is 3.46. The third-order valence-electron chi connectivity index (χ3n) is 2.68. The molecule has 2 heterocycles. The van der Waals surface area contributed by atoms with Crippen LogP contribution in [-0.4, -0.2) is 16.5 Å². The molecule has 0 unspecified atom stereocenters. The van der Waals surface area contributed by atoms with E-state index in [0.717, 1.165) is 23.7 Å². The second-order valence-electron chi connectivity index (χ2n) is 3.94. The molecule has 0 saturated heterocycles. The number of aryl methyl sites for hydroxylation is 1. The van der Waals surface area contributed by atoms with Gasteiger partial charge in [0.2, 0.25) is 5.95 Å². The van der Waals surface area contributed by atoms with Gasteiger partial charge in [0.15, 0.2) is 0 Å².